The molecule has 3 aliphatic rings. The maximum absolute atomic E-state index is 12.3. The molecule has 5 heteroatoms. The van der Waals surface area contributed by atoms with Crippen molar-refractivity contribution in [2.75, 3.05) is 0 Å². The number of nitrogens with zero attached hydrogens (tertiary/aromatic N) is 1. The number of β-lactam (4-membered cyclic amide) rings is 1. The minimum Gasteiger partial charge on any atom is -0.462 e. The van der Waals surface area contributed by atoms with Gasteiger partial charge in [0, 0.05) is 12.8 Å². The fraction of sp³-hybridized carbons (Fsp3) is 0.812. The topological polar surface area (TPSA) is 63.7 Å². The average Bonchev–Trinajstić information content (AvgIpc) is 2.42. The van der Waals surface area contributed by atoms with Crippen molar-refractivity contribution < 1.29 is 19.1 Å². The molecule has 0 aliphatic carbocycles. The zero-order valence-electron chi connectivity index (χ0n) is 13.0. The van der Waals surface area contributed by atoms with E-state index in [1.165, 1.54) is 4.90 Å². The molecule has 0 aromatic carbocycles. The summed E-state index contributed by atoms with van der Waals surface area (Å²) >= 11 is 0. The average molecular weight is 295 g/mol. The fourth-order valence-corrected chi connectivity index (χ4v) is 3.35. The number of rotatable bonds is 2. The van der Waals surface area contributed by atoms with E-state index in [0.717, 1.165) is 38.5 Å². The predicted molar refractivity (Wildman–Crippen MR) is 77.3 cm³/mol. The van der Waals surface area contributed by atoms with Crippen molar-refractivity contribution in [2.45, 2.75) is 77.4 Å². The van der Waals surface area contributed by atoms with Gasteiger partial charge in [0.15, 0.2) is 0 Å². The summed E-state index contributed by atoms with van der Waals surface area (Å²) in [5.74, 6) is -0.807. The molecule has 3 saturated heterocycles. The first-order chi connectivity index (χ1) is 10.1. The van der Waals surface area contributed by atoms with E-state index in [-0.39, 0.29) is 29.7 Å². The van der Waals surface area contributed by atoms with Crippen molar-refractivity contribution in [3.05, 3.63) is 0 Å². The quantitative estimate of drug-likeness (QED) is 0.446. The summed E-state index contributed by atoms with van der Waals surface area (Å²) < 4.78 is 5.40. The Balaban J connectivity index is 2.14. The Kier molecular flexibility index (Phi) is 5.37. The van der Waals surface area contributed by atoms with Crippen LogP contribution in [0.5, 0.6) is 0 Å². The highest BCUT2D eigenvalue weighted by molar-refractivity contribution is 6.02. The molecule has 0 N–H and O–H groups in total. The highest BCUT2D eigenvalue weighted by atomic mass is 16.5. The summed E-state index contributed by atoms with van der Waals surface area (Å²) in [7, 11) is 0. The number of ether oxygens (including phenoxy) is 1. The van der Waals surface area contributed by atoms with Crippen molar-refractivity contribution in [2.24, 2.45) is 5.92 Å². The Bertz CT molecular complexity index is 421. The largest absolute Gasteiger partial charge is 0.462 e. The monoisotopic (exact) mass is 295 g/mol. The number of imide groups is 1. The molecule has 21 heavy (non-hydrogen) atoms. The highest BCUT2D eigenvalue weighted by Gasteiger charge is 2.52. The van der Waals surface area contributed by atoms with Gasteiger partial charge >= 0.3 is 5.97 Å². The van der Waals surface area contributed by atoms with Gasteiger partial charge in [-0.15, -0.1) is 0 Å². The molecule has 0 radical (unpaired) electrons. The van der Waals surface area contributed by atoms with Crippen LogP contribution in [0.25, 0.3) is 0 Å². The molecule has 3 aliphatic heterocycles. The molecule has 3 rings (SSSR count). The van der Waals surface area contributed by atoms with Crippen LogP contribution in [0.15, 0.2) is 0 Å². The summed E-state index contributed by atoms with van der Waals surface area (Å²) in [5.41, 5.74) is 0. The molecule has 0 aromatic heterocycles. The first kappa shape index (κ1) is 16.0. The Morgan fingerprint density at radius 3 is 2.43 bits per heavy atom. The lowest BCUT2D eigenvalue weighted by Crippen LogP contribution is -2.66. The second kappa shape index (κ2) is 7.05. The van der Waals surface area contributed by atoms with Gasteiger partial charge in [0.25, 0.3) is 0 Å². The van der Waals surface area contributed by atoms with Gasteiger partial charge in [0.05, 0.1) is 12.0 Å². The Hall–Kier alpha value is -1.39. The van der Waals surface area contributed by atoms with E-state index >= 15 is 0 Å². The van der Waals surface area contributed by atoms with E-state index in [1.807, 2.05) is 6.92 Å². The molecule has 2 bridgehead atoms. The maximum Gasteiger partial charge on any atom is 0.306 e. The van der Waals surface area contributed by atoms with Gasteiger partial charge in [0.1, 0.15) is 6.10 Å². The van der Waals surface area contributed by atoms with Crippen LogP contribution in [0.4, 0.5) is 0 Å². The number of fused-ring (bicyclic) bond motifs is 9. The van der Waals surface area contributed by atoms with Crippen LogP contribution in [0.3, 0.4) is 0 Å². The van der Waals surface area contributed by atoms with Crippen LogP contribution >= 0.6 is 0 Å². The van der Waals surface area contributed by atoms with Gasteiger partial charge in [-0.05, 0) is 26.2 Å². The van der Waals surface area contributed by atoms with E-state index in [9.17, 15) is 14.4 Å². The molecule has 3 heterocycles. The third-order valence-corrected chi connectivity index (χ3v) is 4.47. The van der Waals surface area contributed by atoms with Gasteiger partial charge in [-0.3, -0.25) is 19.3 Å². The normalized spacial score (nSPS) is 31.6. The standard InChI is InChI=1S/C16H25NO4/c1-3-8-12-15-11(2)21-14(19)10-7-5-4-6-9-13(18)17(12)16(15)20/h11-12,15H,3-10H2,1-2H3/t11-,12-,15+/m1/s1. The van der Waals surface area contributed by atoms with E-state index in [4.69, 9.17) is 4.74 Å². The fourth-order valence-electron chi connectivity index (χ4n) is 3.35. The minimum absolute atomic E-state index is 0.0625. The number of hydrogen-bond acceptors (Lipinski definition) is 4. The van der Waals surface area contributed by atoms with Crippen molar-refractivity contribution in [3.63, 3.8) is 0 Å². The number of carbonyl (C=O) groups excluding carboxylic acids is 3. The third kappa shape index (κ3) is 3.44. The predicted octanol–water partition coefficient (Wildman–Crippen LogP) is 2.43. The summed E-state index contributed by atoms with van der Waals surface area (Å²) in [5, 5.41) is 0. The summed E-state index contributed by atoms with van der Waals surface area (Å²) in [4.78, 5) is 37.7. The van der Waals surface area contributed by atoms with Gasteiger partial charge in [-0.25, -0.2) is 0 Å². The smallest absolute Gasteiger partial charge is 0.306 e. The first-order valence-electron chi connectivity index (χ1n) is 8.11. The molecule has 0 unspecified atom stereocenters. The molecule has 5 nitrogen and oxygen atoms in total. The van der Waals surface area contributed by atoms with Crippen LogP contribution < -0.4 is 0 Å². The number of amides is 2. The molecule has 0 spiro atoms. The van der Waals surface area contributed by atoms with Gasteiger partial charge < -0.3 is 4.74 Å². The van der Waals surface area contributed by atoms with Gasteiger partial charge in [0.2, 0.25) is 11.8 Å². The van der Waals surface area contributed by atoms with E-state index in [1.54, 1.807) is 6.92 Å². The molecule has 2 amide bonds. The number of esters is 1. The van der Waals surface area contributed by atoms with Crippen LogP contribution in [-0.4, -0.2) is 34.8 Å². The molecule has 0 aromatic rings. The Morgan fingerprint density at radius 1 is 1.10 bits per heavy atom. The second-order valence-corrected chi connectivity index (χ2v) is 6.09. The molecule has 0 saturated carbocycles. The Morgan fingerprint density at radius 2 is 1.76 bits per heavy atom. The van der Waals surface area contributed by atoms with Crippen LogP contribution in [0.2, 0.25) is 0 Å². The third-order valence-electron chi connectivity index (χ3n) is 4.47. The van der Waals surface area contributed by atoms with Gasteiger partial charge in [-0.1, -0.05) is 26.2 Å². The number of carbonyl (C=O) groups is 3. The molecular formula is C16H25NO4. The van der Waals surface area contributed by atoms with Crippen molar-refractivity contribution in [1.82, 2.24) is 4.90 Å². The van der Waals surface area contributed by atoms with Crippen LogP contribution in [-0.2, 0) is 19.1 Å². The lowest BCUT2D eigenvalue weighted by atomic mass is 9.80. The minimum atomic E-state index is -0.439. The maximum atomic E-state index is 12.3. The lowest BCUT2D eigenvalue weighted by molar-refractivity contribution is -0.178. The number of hydrogen-bond donors (Lipinski definition) is 0. The van der Waals surface area contributed by atoms with Gasteiger partial charge in [-0.2, -0.15) is 0 Å². The highest BCUT2D eigenvalue weighted by Crippen LogP contribution is 2.35. The zero-order chi connectivity index (χ0) is 15.4. The summed E-state index contributed by atoms with van der Waals surface area (Å²) in [6, 6.07) is -0.0986. The van der Waals surface area contributed by atoms with Crippen molar-refractivity contribution >= 4 is 17.8 Å². The second-order valence-electron chi connectivity index (χ2n) is 6.09. The molecular weight excluding hydrogens is 270 g/mol. The molecule has 3 fully saturated rings. The molecule has 3 atom stereocenters. The SMILES string of the molecule is CCC[C@@H]1[C@H]2C(=O)N1C(=O)CCCCCCC(=O)O[C@@H]2C. The van der Waals surface area contributed by atoms with Crippen molar-refractivity contribution in [3.8, 4) is 0 Å². The van der Waals surface area contributed by atoms with E-state index in [2.05, 4.69) is 0 Å². The lowest BCUT2D eigenvalue weighted by Gasteiger charge is -2.47. The zero-order valence-corrected chi connectivity index (χ0v) is 13.0. The van der Waals surface area contributed by atoms with Crippen LogP contribution in [0, 0.1) is 5.92 Å². The summed E-state index contributed by atoms with van der Waals surface area (Å²) in [6.45, 7) is 3.80. The first-order valence-corrected chi connectivity index (χ1v) is 8.11. The molecule has 118 valence electrons. The van der Waals surface area contributed by atoms with E-state index in [0.29, 0.717) is 12.8 Å². The van der Waals surface area contributed by atoms with Crippen LogP contribution in [0.1, 0.15) is 65.2 Å². The van der Waals surface area contributed by atoms with E-state index < -0.39 is 6.10 Å². The van der Waals surface area contributed by atoms with Crippen molar-refractivity contribution in [1.29, 1.82) is 0 Å². The Labute approximate surface area is 126 Å². The summed E-state index contributed by atoms with van der Waals surface area (Å²) in [6.07, 6.45) is 5.50.